The number of hydrogen-bond donors (Lipinski definition) is 0. The van der Waals surface area contributed by atoms with E-state index in [1.54, 1.807) is 0 Å². The van der Waals surface area contributed by atoms with E-state index in [-0.39, 0.29) is 0 Å². The zero-order chi connectivity index (χ0) is 19.6. The van der Waals surface area contributed by atoms with Crippen molar-refractivity contribution in [3.63, 3.8) is 0 Å². The van der Waals surface area contributed by atoms with E-state index in [0.717, 1.165) is 25.4 Å². The summed E-state index contributed by atoms with van der Waals surface area (Å²) in [7, 11) is 0. The van der Waals surface area contributed by atoms with E-state index in [9.17, 15) is 0 Å². The van der Waals surface area contributed by atoms with Crippen molar-refractivity contribution in [1.29, 1.82) is 0 Å². The summed E-state index contributed by atoms with van der Waals surface area (Å²) in [4.78, 5) is 0. The van der Waals surface area contributed by atoms with Gasteiger partial charge in [0, 0.05) is 0 Å². The van der Waals surface area contributed by atoms with Gasteiger partial charge in [-0.25, -0.2) is 0 Å². The van der Waals surface area contributed by atoms with Crippen molar-refractivity contribution in [3.05, 3.63) is 95.6 Å². The third-order valence-electron chi connectivity index (χ3n) is 5.94. The quantitative estimate of drug-likeness (QED) is 0.329. The minimum atomic E-state index is 0.709. The molecule has 0 N–H and O–H groups in total. The smallest absolute Gasteiger partial charge is 0.0717 e. The molecule has 1 heteroatoms. The van der Waals surface area contributed by atoms with Crippen LogP contribution in [-0.2, 0) is 17.8 Å². The van der Waals surface area contributed by atoms with Crippen LogP contribution in [0, 0.1) is 0 Å². The van der Waals surface area contributed by atoms with Crippen molar-refractivity contribution in [2.45, 2.75) is 63.9 Å². The number of benzene rings is 2. The van der Waals surface area contributed by atoms with E-state index in [1.807, 2.05) is 13.0 Å². The second kappa shape index (κ2) is 11.0. The molecule has 0 radical (unpaired) electrons. The van der Waals surface area contributed by atoms with Gasteiger partial charge in [-0.05, 0) is 79.5 Å². The summed E-state index contributed by atoms with van der Waals surface area (Å²) < 4.78 is 5.74. The molecule has 148 valence electrons. The van der Waals surface area contributed by atoms with Crippen molar-refractivity contribution < 1.29 is 4.74 Å². The van der Waals surface area contributed by atoms with Gasteiger partial charge < -0.3 is 4.74 Å². The molecule has 1 aliphatic rings. The zero-order valence-corrected chi connectivity index (χ0v) is 17.3. The first-order valence-corrected chi connectivity index (χ1v) is 10.8. The third kappa shape index (κ3) is 5.94. The lowest BCUT2D eigenvalue weighted by Crippen LogP contribution is -2.12. The molecule has 0 amide bonds. The molecule has 2 aromatic carbocycles. The molecule has 1 saturated carbocycles. The molecule has 0 unspecified atom stereocenters. The van der Waals surface area contributed by atoms with Crippen molar-refractivity contribution >= 4 is 0 Å². The van der Waals surface area contributed by atoms with Crippen LogP contribution in [0.25, 0.3) is 0 Å². The summed E-state index contributed by atoms with van der Waals surface area (Å²) in [5.41, 5.74) is 5.64. The highest BCUT2D eigenvalue weighted by Crippen LogP contribution is 2.40. The van der Waals surface area contributed by atoms with Gasteiger partial charge >= 0.3 is 0 Å². The van der Waals surface area contributed by atoms with Crippen molar-refractivity contribution in [2.75, 3.05) is 6.61 Å². The fraction of sp³-hybridized carbons (Fsp3) is 0.407. The fourth-order valence-corrected chi connectivity index (χ4v) is 4.25. The average molecular weight is 375 g/mol. The summed E-state index contributed by atoms with van der Waals surface area (Å²) >= 11 is 0. The van der Waals surface area contributed by atoms with E-state index in [1.165, 1.54) is 47.9 Å². The van der Waals surface area contributed by atoms with Gasteiger partial charge in [0.25, 0.3) is 0 Å². The van der Waals surface area contributed by atoms with E-state index < -0.39 is 0 Å². The maximum Gasteiger partial charge on any atom is 0.0717 e. The molecule has 1 fully saturated rings. The third-order valence-corrected chi connectivity index (χ3v) is 5.94. The van der Waals surface area contributed by atoms with E-state index in [0.29, 0.717) is 12.5 Å². The summed E-state index contributed by atoms with van der Waals surface area (Å²) in [6, 6.07) is 18.3. The van der Waals surface area contributed by atoms with Gasteiger partial charge in [-0.2, -0.15) is 0 Å². The lowest BCUT2D eigenvalue weighted by molar-refractivity contribution is 0.125. The van der Waals surface area contributed by atoms with Crippen molar-refractivity contribution in [2.24, 2.45) is 0 Å². The van der Waals surface area contributed by atoms with Gasteiger partial charge in [0.15, 0.2) is 0 Å². The highest BCUT2D eigenvalue weighted by Gasteiger charge is 2.23. The van der Waals surface area contributed by atoms with Crippen LogP contribution in [-0.4, -0.2) is 6.61 Å². The van der Waals surface area contributed by atoms with Gasteiger partial charge in [-0.1, -0.05) is 66.8 Å². The average Bonchev–Trinajstić information content (AvgIpc) is 2.75. The molecule has 1 nitrogen and oxygen atoms in total. The number of allylic oxidation sites excluding steroid dienone is 2. The molecule has 0 aliphatic heterocycles. The van der Waals surface area contributed by atoms with Gasteiger partial charge in [0.05, 0.1) is 13.2 Å². The molecule has 0 aromatic heterocycles. The Labute approximate surface area is 171 Å². The topological polar surface area (TPSA) is 9.23 Å². The lowest BCUT2D eigenvalue weighted by atomic mass is 9.76. The maximum atomic E-state index is 5.74. The number of hydrogen-bond acceptors (Lipinski definition) is 1. The molecule has 28 heavy (non-hydrogen) atoms. The normalized spacial score (nSPS) is 19.8. The van der Waals surface area contributed by atoms with Crippen molar-refractivity contribution in [1.82, 2.24) is 0 Å². The SMILES string of the molecule is C=CCc1ccc(C2CCC(c3ccc(COCCC=CC)cc3)CC2)cc1. The lowest BCUT2D eigenvalue weighted by Gasteiger charge is -2.29. The van der Waals surface area contributed by atoms with Gasteiger partial charge in [0.2, 0.25) is 0 Å². The Kier molecular flexibility index (Phi) is 8.11. The van der Waals surface area contributed by atoms with E-state index in [4.69, 9.17) is 4.74 Å². The first-order valence-electron chi connectivity index (χ1n) is 10.8. The van der Waals surface area contributed by atoms with Gasteiger partial charge in [-0.15, -0.1) is 6.58 Å². The standard InChI is InChI=1S/C27H34O/c1-3-5-6-20-28-21-23-10-14-25(15-11-23)27-18-16-26(17-19-27)24-12-8-22(7-4-2)9-13-24/h3-5,8-15,26-27H,2,6-7,16-21H2,1H3. The second-order valence-electron chi connectivity index (χ2n) is 7.93. The Morgan fingerprint density at radius 3 is 1.89 bits per heavy atom. The number of rotatable bonds is 9. The van der Waals surface area contributed by atoms with Crippen LogP contribution in [0.4, 0.5) is 0 Å². The van der Waals surface area contributed by atoms with Crippen molar-refractivity contribution in [3.8, 4) is 0 Å². The van der Waals surface area contributed by atoms with E-state index >= 15 is 0 Å². The first kappa shape index (κ1) is 20.6. The maximum absolute atomic E-state index is 5.74. The second-order valence-corrected chi connectivity index (χ2v) is 7.93. The molecule has 1 aliphatic carbocycles. The highest BCUT2D eigenvalue weighted by molar-refractivity contribution is 5.29. The Balaban J connectivity index is 1.47. The Morgan fingerprint density at radius 2 is 1.39 bits per heavy atom. The van der Waals surface area contributed by atoms with Crippen LogP contribution < -0.4 is 0 Å². The minimum absolute atomic E-state index is 0.709. The summed E-state index contributed by atoms with van der Waals surface area (Å²) in [5.74, 6) is 1.43. The van der Waals surface area contributed by atoms with Crippen LogP contribution in [0.3, 0.4) is 0 Å². The zero-order valence-electron chi connectivity index (χ0n) is 17.3. The van der Waals surface area contributed by atoms with Gasteiger partial charge in [-0.3, -0.25) is 0 Å². The predicted octanol–water partition coefficient (Wildman–Crippen LogP) is 7.34. The Morgan fingerprint density at radius 1 is 0.857 bits per heavy atom. The summed E-state index contributed by atoms with van der Waals surface area (Å²) in [5, 5.41) is 0. The molecular formula is C27H34O. The van der Waals surface area contributed by atoms with E-state index in [2.05, 4.69) is 67.3 Å². The highest BCUT2D eigenvalue weighted by atomic mass is 16.5. The molecule has 0 atom stereocenters. The van der Waals surface area contributed by atoms with Crippen LogP contribution >= 0.6 is 0 Å². The van der Waals surface area contributed by atoms with Crippen LogP contribution in [0.1, 0.15) is 73.1 Å². The molecule has 0 heterocycles. The molecule has 3 rings (SSSR count). The van der Waals surface area contributed by atoms with Gasteiger partial charge in [0.1, 0.15) is 0 Å². The fourth-order valence-electron chi connectivity index (χ4n) is 4.25. The molecule has 0 bridgehead atoms. The Hall–Kier alpha value is -2.12. The number of ether oxygens (including phenoxy) is 1. The first-order chi connectivity index (χ1) is 13.8. The Bertz CT molecular complexity index is 731. The summed E-state index contributed by atoms with van der Waals surface area (Å²) in [6.07, 6.45) is 13.3. The predicted molar refractivity (Wildman–Crippen MR) is 120 cm³/mol. The molecule has 0 spiro atoms. The van der Waals surface area contributed by atoms with Crippen LogP contribution in [0.2, 0.25) is 0 Å². The molecule has 2 aromatic rings. The molecule has 0 saturated heterocycles. The summed E-state index contributed by atoms with van der Waals surface area (Å²) in [6.45, 7) is 7.39. The largest absolute Gasteiger partial charge is 0.376 e. The molecular weight excluding hydrogens is 340 g/mol. The monoisotopic (exact) mass is 374 g/mol. The minimum Gasteiger partial charge on any atom is -0.376 e. The van der Waals surface area contributed by atoms with Crippen LogP contribution in [0.15, 0.2) is 73.3 Å². The van der Waals surface area contributed by atoms with Crippen LogP contribution in [0.5, 0.6) is 0 Å².